The van der Waals surface area contributed by atoms with Crippen molar-refractivity contribution in [3.63, 3.8) is 0 Å². The molecular formula is C22H30O4. The van der Waals surface area contributed by atoms with Crippen LogP contribution in [0.4, 0.5) is 0 Å². The Balaban J connectivity index is 0.00000301. The SMILES string of the molecule is C=CC(c1ccccc1)C(C/C=C/C=C/C)(C(=O)OC)C(=O)OC.CC. The first-order valence-electron chi connectivity index (χ1n) is 8.70. The third kappa shape index (κ3) is 5.45. The predicted molar refractivity (Wildman–Crippen MR) is 106 cm³/mol. The smallest absolute Gasteiger partial charge is 0.324 e. The average Bonchev–Trinajstić information content (AvgIpc) is 2.71. The number of methoxy groups -OCH3 is 2. The second kappa shape index (κ2) is 12.7. The van der Waals surface area contributed by atoms with E-state index < -0.39 is 23.3 Å². The molecule has 4 nitrogen and oxygen atoms in total. The second-order valence-electron chi connectivity index (χ2n) is 5.24. The molecule has 0 radical (unpaired) electrons. The van der Waals surface area contributed by atoms with Gasteiger partial charge in [0.25, 0.3) is 0 Å². The normalized spacial score (nSPS) is 12.2. The van der Waals surface area contributed by atoms with Crippen molar-refractivity contribution in [1.82, 2.24) is 0 Å². The van der Waals surface area contributed by atoms with Gasteiger partial charge >= 0.3 is 11.9 Å². The van der Waals surface area contributed by atoms with Crippen LogP contribution < -0.4 is 0 Å². The third-order valence-corrected chi connectivity index (χ3v) is 3.90. The maximum atomic E-state index is 12.6. The van der Waals surface area contributed by atoms with Crippen LogP contribution in [0.5, 0.6) is 0 Å². The maximum absolute atomic E-state index is 12.6. The van der Waals surface area contributed by atoms with Crippen molar-refractivity contribution >= 4 is 11.9 Å². The number of hydrogen-bond acceptors (Lipinski definition) is 4. The van der Waals surface area contributed by atoms with E-state index in [1.807, 2.05) is 63.3 Å². The number of ether oxygens (including phenoxy) is 2. The van der Waals surface area contributed by atoms with Crippen LogP contribution in [-0.2, 0) is 19.1 Å². The van der Waals surface area contributed by atoms with Gasteiger partial charge in [-0.2, -0.15) is 0 Å². The molecule has 0 N–H and O–H groups in total. The Hall–Kier alpha value is -2.62. The minimum atomic E-state index is -1.52. The van der Waals surface area contributed by atoms with E-state index in [0.29, 0.717) is 0 Å². The highest BCUT2D eigenvalue weighted by Crippen LogP contribution is 2.42. The van der Waals surface area contributed by atoms with Gasteiger partial charge in [-0.15, -0.1) is 6.58 Å². The van der Waals surface area contributed by atoms with E-state index in [-0.39, 0.29) is 6.42 Å². The Bertz CT molecular complexity index is 598. The zero-order valence-electron chi connectivity index (χ0n) is 16.4. The van der Waals surface area contributed by atoms with Gasteiger partial charge in [-0.25, -0.2) is 0 Å². The molecule has 0 fully saturated rings. The number of rotatable bonds is 8. The number of benzene rings is 1. The fraction of sp³-hybridized carbons (Fsp3) is 0.364. The molecule has 1 aromatic carbocycles. The van der Waals surface area contributed by atoms with Crippen molar-refractivity contribution in [2.75, 3.05) is 14.2 Å². The van der Waals surface area contributed by atoms with Crippen molar-refractivity contribution in [2.24, 2.45) is 5.41 Å². The summed E-state index contributed by atoms with van der Waals surface area (Å²) >= 11 is 0. The summed E-state index contributed by atoms with van der Waals surface area (Å²) in [5, 5.41) is 0. The predicted octanol–water partition coefficient (Wildman–Crippen LogP) is 4.84. The summed E-state index contributed by atoms with van der Waals surface area (Å²) in [6.07, 6.45) is 8.95. The molecular weight excluding hydrogens is 328 g/mol. The van der Waals surface area contributed by atoms with Crippen molar-refractivity contribution in [1.29, 1.82) is 0 Å². The van der Waals surface area contributed by atoms with Gasteiger partial charge in [-0.3, -0.25) is 9.59 Å². The lowest BCUT2D eigenvalue weighted by Crippen LogP contribution is -2.45. The van der Waals surface area contributed by atoms with Crippen LogP contribution >= 0.6 is 0 Å². The number of hydrogen-bond donors (Lipinski definition) is 0. The molecule has 1 atom stereocenters. The van der Waals surface area contributed by atoms with Gasteiger partial charge in [0.05, 0.1) is 14.2 Å². The summed E-state index contributed by atoms with van der Waals surface area (Å²) in [7, 11) is 2.53. The monoisotopic (exact) mass is 358 g/mol. The Morgan fingerprint density at radius 2 is 1.62 bits per heavy atom. The van der Waals surface area contributed by atoms with Crippen molar-refractivity contribution in [3.8, 4) is 0 Å². The molecule has 0 saturated heterocycles. The molecule has 1 rings (SSSR count). The quantitative estimate of drug-likeness (QED) is 0.289. The van der Waals surface area contributed by atoms with Crippen LogP contribution in [0.3, 0.4) is 0 Å². The van der Waals surface area contributed by atoms with E-state index in [9.17, 15) is 9.59 Å². The van der Waals surface area contributed by atoms with Crippen molar-refractivity contribution < 1.29 is 19.1 Å². The molecule has 0 bridgehead atoms. The molecule has 26 heavy (non-hydrogen) atoms. The summed E-state index contributed by atoms with van der Waals surface area (Å²) in [5.41, 5.74) is -0.729. The summed E-state index contributed by atoms with van der Waals surface area (Å²) in [6, 6.07) is 9.26. The summed E-state index contributed by atoms with van der Waals surface area (Å²) < 4.78 is 9.92. The van der Waals surface area contributed by atoms with E-state index in [0.717, 1.165) is 5.56 Å². The number of carbonyl (C=O) groups is 2. The van der Waals surface area contributed by atoms with Crippen LogP contribution in [0, 0.1) is 5.41 Å². The molecule has 4 heteroatoms. The zero-order valence-corrected chi connectivity index (χ0v) is 16.4. The van der Waals surface area contributed by atoms with Crippen LogP contribution in [0.15, 0.2) is 67.3 Å². The molecule has 0 amide bonds. The molecule has 0 heterocycles. The molecule has 0 aliphatic heterocycles. The molecule has 1 aromatic rings. The highest BCUT2D eigenvalue weighted by molar-refractivity contribution is 6.01. The first-order valence-corrected chi connectivity index (χ1v) is 8.70. The number of carbonyl (C=O) groups excluding carboxylic acids is 2. The van der Waals surface area contributed by atoms with Gasteiger partial charge in [0.2, 0.25) is 0 Å². The lowest BCUT2D eigenvalue weighted by atomic mass is 9.69. The Kier molecular flexibility index (Phi) is 11.4. The molecule has 0 spiro atoms. The van der Waals surface area contributed by atoms with Gasteiger partial charge in [-0.05, 0) is 18.9 Å². The van der Waals surface area contributed by atoms with Crippen LogP contribution in [0.25, 0.3) is 0 Å². The second-order valence-corrected chi connectivity index (χ2v) is 5.24. The van der Waals surface area contributed by atoms with E-state index in [4.69, 9.17) is 9.47 Å². The van der Waals surface area contributed by atoms with Crippen LogP contribution in [0.2, 0.25) is 0 Å². The lowest BCUT2D eigenvalue weighted by molar-refractivity contribution is -0.170. The van der Waals surface area contributed by atoms with E-state index in [2.05, 4.69) is 6.58 Å². The minimum Gasteiger partial charge on any atom is -0.468 e. The van der Waals surface area contributed by atoms with Gasteiger partial charge in [-0.1, -0.05) is 74.6 Å². The summed E-state index contributed by atoms with van der Waals surface area (Å²) in [4.78, 5) is 25.3. The Labute approximate surface area is 157 Å². The zero-order chi connectivity index (χ0) is 20.0. The van der Waals surface area contributed by atoms with Crippen LogP contribution in [-0.4, -0.2) is 26.2 Å². The molecule has 0 saturated carbocycles. The third-order valence-electron chi connectivity index (χ3n) is 3.90. The maximum Gasteiger partial charge on any atom is 0.324 e. The average molecular weight is 358 g/mol. The number of esters is 2. The topological polar surface area (TPSA) is 52.6 Å². The highest BCUT2D eigenvalue weighted by atomic mass is 16.5. The Morgan fingerprint density at radius 3 is 2.04 bits per heavy atom. The van der Waals surface area contributed by atoms with Gasteiger partial charge in [0.1, 0.15) is 0 Å². The van der Waals surface area contributed by atoms with Crippen molar-refractivity contribution in [3.05, 3.63) is 72.9 Å². The molecule has 142 valence electrons. The number of allylic oxidation sites excluding steroid dienone is 5. The Morgan fingerprint density at radius 1 is 1.08 bits per heavy atom. The highest BCUT2D eigenvalue weighted by Gasteiger charge is 2.53. The molecule has 0 aliphatic carbocycles. The molecule has 0 aliphatic rings. The van der Waals surface area contributed by atoms with Gasteiger partial charge < -0.3 is 9.47 Å². The largest absolute Gasteiger partial charge is 0.468 e. The van der Waals surface area contributed by atoms with Crippen molar-refractivity contribution in [2.45, 2.75) is 33.1 Å². The van der Waals surface area contributed by atoms with E-state index in [1.165, 1.54) is 14.2 Å². The lowest BCUT2D eigenvalue weighted by Gasteiger charge is -2.33. The summed E-state index contributed by atoms with van der Waals surface area (Å²) in [5.74, 6) is -1.87. The molecule has 1 unspecified atom stereocenters. The first-order chi connectivity index (χ1) is 12.6. The first kappa shape index (κ1) is 23.4. The fourth-order valence-corrected chi connectivity index (χ4v) is 2.72. The van der Waals surface area contributed by atoms with E-state index in [1.54, 1.807) is 18.2 Å². The minimum absolute atomic E-state index is 0.141. The van der Waals surface area contributed by atoms with E-state index >= 15 is 0 Å². The van der Waals surface area contributed by atoms with Crippen LogP contribution in [0.1, 0.15) is 38.7 Å². The fourth-order valence-electron chi connectivity index (χ4n) is 2.72. The van der Waals surface area contributed by atoms with Gasteiger partial charge in [0.15, 0.2) is 5.41 Å². The molecule has 0 aromatic heterocycles. The van der Waals surface area contributed by atoms with Gasteiger partial charge in [0, 0.05) is 5.92 Å². The standard InChI is InChI=1S/C20H24O4.C2H6/c1-5-7-8-12-15-20(18(21)23-3,19(22)24-4)17(6-2)16-13-10-9-11-14-16;1-2/h5-14,17H,2,15H2,1,3-4H3;1-2H3/b7-5+,12-8+;. The summed E-state index contributed by atoms with van der Waals surface area (Å²) in [6.45, 7) is 9.71.